The van der Waals surface area contributed by atoms with Gasteiger partial charge < -0.3 is 15.0 Å². The molecule has 0 bridgehead atoms. The number of rotatable bonds is 4. The maximum absolute atomic E-state index is 12.1. The number of nitrogens with one attached hydrogen (secondary N) is 1. The molecule has 1 aliphatic heterocycles. The van der Waals surface area contributed by atoms with Crippen LogP contribution in [0.15, 0.2) is 48.7 Å². The third-order valence-corrected chi connectivity index (χ3v) is 4.07. The molecule has 1 atom stereocenters. The summed E-state index contributed by atoms with van der Waals surface area (Å²) in [5, 5.41) is 3.47. The van der Waals surface area contributed by atoms with Crippen molar-refractivity contribution in [2.75, 3.05) is 23.3 Å². The third kappa shape index (κ3) is 4.72. The van der Waals surface area contributed by atoms with Gasteiger partial charge in [-0.3, -0.25) is 0 Å². The van der Waals surface area contributed by atoms with E-state index < -0.39 is 5.60 Å². The zero-order valence-electron chi connectivity index (χ0n) is 15.0. The second-order valence-corrected chi connectivity index (χ2v) is 7.34. The van der Waals surface area contributed by atoms with Crippen LogP contribution in [-0.2, 0) is 4.74 Å². The number of benzene rings is 1. The van der Waals surface area contributed by atoms with Crippen LogP contribution < -0.4 is 10.2 Å². The van der Waals surface area contributed by atoms with Gasteiger partial charge in [-0.05, 0) is 63.6 Å². The summed E-state index contributed by atoms with van der Waals surface area (Å²) in [4.78, 5) is 18.7. The fourth-order valence-electron chi connectivity index (χ4n) is 2.92. The molecular formula is C20H25N3O2. The summed E-state index contributed by atoms with van der Waals surface area (Å²) >= 11 is 0. The molecule has 132 valence electrons. The van der Waals surface area contributed by atoms with Crippen LogP contribution in [0.25, 0.3) is 0 Å². The second-order valence-electron chi connectivity index (χ2n) is 7.34. The van der Waals surface area contributed by atoms with Crippen molar-refractivity contribution in [3.63, 3.8) is 0 Å². The van der Waals surface area contributed by atoms with Crippen molar-refractivity contribution < 1.29 is 9.53 Å². The van der Waals surface area contributed by atoms with E-state index in [9.17, 15) is 4.79 Å². The summed E-state index contributed by atoms with van der Waals surface area (Å²) in [6.07, 6.45) is 2.86. The molecule has 0 spiro atoms. The van der Waals surface area contributed by atoms with Crippen LogP contribution in [0.4, 0.5) is 11.5 Å². The van der Waals surface area contributed by atoms with Crippen LogP contribution in [0.1, 0.15) is 37.6 Å². The maximum Gasteiger partial charge on any atom is 0.338 e. The fourth-order valence-corrected chi connectivity index (χ4v) is 2.92. The quantitative estimate of drug-likeness (QED) is 0.860. The molecule has 1 N–H and O–H groups in total. The van der Waals surface area contributed by atoms with Gasteiger partial charge in [-0.1, -0.05) is 6.07 Å². The normalized spacial score (nSPS) is 17.4. The van der Waals surface area contributed by atoms with Gasteiger partial charge >= 0.3 is 5.97 Å². The Morgan fingerprint density at radius 1 is 1.20 bits per heavy atom. The van der Waals surface area contributed by atoms with Gasteiger partial charge in [0, 0.05) is 31.0 Å². The first-order valence-corrected chi connectivity index (χ1v) is 8.67. The minimum Gasteiger partial charge on any atom is -0.456 e. The highest BCUT2D eigenvalue weighted by Gasteiger charge is 2.23. The highest BCUT2D eigenvalue weighted by Crippen LogP contribution is 2.23. The number of hydrogen-bond donors (Lipinski definition) is 1. The van der Waals surface area contributed by atoms with Crippen LogP contribution in [0.5, 0.6) is 0 Å². The van der Waals surface area contributed by atoms with Crippen molar-refractivity contribution in [3.8, 4) is 0 Å². The smallest absolute Gasteiger partial charge is 0.338 e. The van der Waals surface area contributed by atoms with Gasteiger partial charge in [-0.25, -0.2) is 9.78 Å². The summed E-state index contributed by atoms with van der Waals surface area (Å²) in [5.74, 6) is 0.629. The van der Waals surface area contributed by atoms with Crippen molar-refractivity contribution in [2.24, 2.45) is 0 Å². The highest BCUT2D eigenvalue weighted by atomic mass is 16.6. The molecule has 3 rings (SSSR count). The predicted octanol–water partition coefficient (Wildman–Crippen LogP) is 3.73. The zero-order chi connectivity index (χ0) is 17.9. The molecule has 1 saturated heterocycles. The molecule has 0 aliphatic carbocycles. The predicted molar refractivity (Wildman–Crippen MR) is 100 cm³/mol. The Morgan fingerprint density at radius 2 is 1.96 bits per heavy atom. The van der Waals surface area contributed by atoms with Gasteiger partial charge in [-0.15, -0.1) is 0 Å². The molecule has 2 heterocycles. The zero-order valence-corrected chi connectivity index (χ0v) is 15.0. The molecule has 0 radical (unpaired) electrons. The van der Waals surface area contributed by atoms with Gasteiger partial charge in [0.25, 0.3) is 0 Å². The Labute approximate surface area is 149 Å². The van der Waals surface area contributed by atoms with E-state index in [0.717, 1.165) is 31.0 Å². The molecule has 5 heteroatoms. The molecule has 5 nitrogen and oxygen atoms in total. The maximum atomic E-state index is 12.1. The summed E-state index contributed by atoms with van der Waals surface area (Å²) in [7, 11) is 0. The summed E-state index contributed by atoms with van der Waals surface area (Å²) < 4.78 is 5.40. The lowest BCUT2D eigenvalue weighted by molar-refractivity contribution is 0.00696. The summed E-state index contributed by atoms with van der Waals surface area (Å²) in [5.41, 5.74) is 1.23. The number of pyridine rings is 1. The van der Waals surface area contributed by atoms with Crippen LogP contribution in [0.3, 0.4) is 0 Å². The Kier molecular flexibility index (Phi) is 4.93. The molecule has 1 fully saturated rings. The van der Waals surface area contributed by atoms with E-state index in [4.69, 9.17) is 4.74 Å². The number of hydrogen-bond acceptors (Lipinski definition) is 5. The van der Waals surface area contributed by atoms with Crippen LogP contribution in [-0.4, -0.2) is 35.7 Å². The van der Waals surface area contributed by atoms with Crippen LogP contribution in [0, 0.1) is 0 Å². The van der Waals surface area contributed by atoms with E-state index in [0.29, 0.717) is 11.6 Å². The van der Waals surface area contributed by atoms with Crippen molar-refractivity contribution in [1.29, 1.82) is 0 Å². The first kappa shape index (κ1) is 17.3. The van der Waals surface area contributed by atoms with E-state index >= 15 is 0 Å². The summed E-state index contributed by atoms with van der Waals surface area (Å²) in [6, 6.07) is 13.9. The highest BCUT2D eigenvalue weighted by molar-refractivity contribution is 5.90. The first-order valence-electron chi connectivity index (χ1n) is 8.67. The SMILES string of the molecule is CC(C)(C)OC(=O)c1ccc(N2CCC(Nc3ccccn3)C2)cc1. The van der Waals surface area contributed by atoms with E-state index in [1.54, 1.807) is 6.20 Å². The molecule has 0 amide bonds. The monoisotopic (exact) mass is 339 g/mol. The lowest BCUT2D eigenvalue weighted by Gasteiger charge is -2.21. The van der Waals surface area contributed by atoms with Crippen molar-refractivity contribution in [2.45, 2.75) is 38.8 Å². The van der Waals surface area contributed by atoms with Gasteiger partial charge in [0.15, 0.2) is 0 Å². The number of aromatic nitrogens is 1. The van der Waals surface area contributed by atoms with E-state index in [1.165, 1.54) is 0 Å². The standard InChI is InChI=1S/C20H25N3O2/c1-20(2,3)25-19(24)15-7-9-17(10-8-15)23-13-11-16(14-23)22-18-6-4-5-12-21-18/h4-10,12,16H,11,13-14H2,1-3H3,(H,21,22). The van der Waals surface area contributed by atoms with Crippen molar-refractivity contribution in [3.05, 3.63) is 54.2 Å². The summed E-state index contributed by atoms with van der Waals surface area (Å²) in [6.45, 7) is 7.52. The van der Waals surface area contributed by atoms with Crippen molar-refractivity contribution in [1.82, 2.24) is 4.98 Å². The molecule has 1 aliphatic rings. The Hall–Kier alpha value is -2.56. The Morgan fingerprint density at radius 3 is 2.60 bits per heavy atom. The van der Waals surface area contributed by atoms with E-state index in [-0.39, 0.29) is 5.97 Å². The lowest BCUT2D eigenvalue weighted by Crippen LogP contribution is -2.26. The van der Waals surface area contributed by atoms with Crippen LogP contribution in [0.2, 0.25) is 0 Å². The lowest BCUT2D eigenvalue weighted by atomic mass is 10.1. The van der Waals surface area contributed by atoms with Crippen LogP contribution >= 0.6 is 0 Å². The molecular weight excluding hydrogens is 314 g/mol. The van der Waals surface area contributed by atoms with E-state index in [1.807, 2.05) is 63.2 Å². The van der Waals surface area contributed by atoms with Crippen molar-refractivity contribution >= 4 is 17.5 Å². The van der Waals surface area contributed by atoms with Gasteiger partial charge in [-0.2, -0.15) is 0 Å². The average Bonchev–Trinajstić information content (AvgIpc) is 3.03. The molecule has 2 aromatic rings. The number of nitrogens with zero attached hydrogens (tertiary/aromatic N) is 2. The number of esters is 1. The molecule has 0 saturated carbocycles. The molecule has 1 unspecified atom stereocenters. The van der Waals surface area contributed by atoms with Gasteiger partial charge in [0.1, 0.15) is 11.4 Å². The molecule has 1 aromatic carbocycles. The Balaban J connectivity index is 1.59. The second kappa shape index (κ2) is 7.13. The fraction of sp³-hybridized carbons (Fsp3) is 0.400. The van der Waals surface area contributed by atoms with Gasteiger partial charge in [0.2, 0.25) is 0 Å². The first-order chi connectivity index (χ1) is 11.9. The molecule has 1 aromatic heterocycles. The molecule has 25 heavy (non-hydrogen) atoms. The van der Waals surface area contributed by atoms with Gasteiger partial charge in [0.05, 0.1) is 5.56 Å². The minimum atomic E-state index is -0.477. The average molecular weight is 339 g/mol. The minimum absolute atomic E-state index is 0.282. The Bertz CT molecular complexity index is 708. The van der Waals surface area contributed by atoms with E-state index in [2.05, 4.69) is 15.2 Å². The number of carbonyl (C=O) groups is 1. The number of ether oxygens (including phenoxy) is 1. The third-order valence-electron chi connectivity index (χ3n) is 4.07. The largest absolute Gasteiger partial charge is 0.456 e. The number of anilines is 2. The number of carbonyl (C=O) groups excluding carboxylic acids is 1. The topological polar surface area (TPSA) is 54.5 Å².